The Bertz CT molecular complexity index is 751. The van der Waals surface area contributed by atoms with Gasteiger partial charge in [0.25, 0.3) is 0 Å². The first-order valence-electron chi connectivity index (χ1n) is 6.17. The Morgan fingerprint density at radius 2 is 2.24 bits per heavy atom. The number of ether oxygens (including phenoxy) is 1. The van der Waals surface area contributed by atoms with E-state index in [2.05, 4.69) is 10.1 Å². The zero-order valence-corrected chi connectivity index (χ0v) is 11.3. The van der Waals surface area contributed by atoms with Gasteiger partial charge >= 0.3 is 5.97 Å². The van der Waals surface area contributed by atoms with Crippen molar-refractivity contribution in [3.05, 3.63) is 47.0 Å². The number of hydrogen-bond donors (Lipinski definition) is 0. The molecule has 0 unspecified atom stereocenters. The summed E-state index contributed by atoms with van der Waals surface area (Å²) in [5.41, 5.74) is 1.22. The molecule has 0 aromatic carbocycles. The van der Waals surface area contributed by atoms with Crippen molar-refractivity contribution in [2.24, 2.45) is 0 Å². The second-order valence-electron chi connectivity index (χ2n) is 4.07. The molecule has 0 amide bonds. The van der Waals surface area contributed by atoms with Crippen molar-refractivity contribution in [3.8, 4) is 12.1 Å². The summed E-state index contributed by atoms with van der Waals surface area (Å²) < 4.78 is 6.29. The first-order chi connectivity index (χ1) is 10.2. The van der Waals surface area contributed by atoms with E-state index in [4.69, 9.17) is 15.3 Å². The van der Waals surface area contributed by atoms with E-state index in [-0.39, 0.29) is 24.4 Å². The molecule has 0 atom stereocenters. The molecule has 7 heteroatoms. The van der Waals surface area contributed by atoms with Gasteiger partial charge in [-0.25, -0.2) is 4.79 Å². The van der Waals surface area contributed by atoms with Crippen LogP contribution in [0, 0.1) is 22.7 Å². The SMILES string of the molecule is CCOC(=O)c1cn(Cc2cc(C#N)ccn2)nc1C#N. The summed E-state index contributed by atoms with van der Waals surface area (Å²) in [6, 6.07) is 7.10. The summed E-state index contributed by atoms with van der Waals surface area (Å²) >= 11 is 0. The first kappa shape index (κ1) is 14.2. The summed E-state index contributed by atoms with van der Waals surface area (Å²) in [5.74, 6) is -0.584. The smallest absolute Gasteiger partial charge is 0.342 e. The molecule has 0 aliphatic carbocycles. The highest BCUT2D eigenvalue weighted by atomic mass is 16.5. The average molecular weight is 281 g/mol. The predicted molar refractivity (Wildman–Crippen MR) is 71.0 cm³/mol. The largest absolute Gasteiger partial charge is 0.462 e. The minimum atomic E-state index is -0.584. The second-order valence-corrected chi connectivity index (χ2v) is 4.07. The fraction of sp³-hybridized carbons (Fsp3) is 0.214. The van der Waals surface area contributed by atoms with Crippen molar-refractivity contribution in [1.29, 1.82) is 10.5 Å². The molecule has 0 aliphatic heterocycles. The molecule has 0 saturated heterocycles. The number of carbonyl (C=O) groups excluding carboxylic acids is 1. The van der Waals surface area contributed by atoms with Crippen LogP contribution in [0.5, 0.6) is 0 Å². The molecule has 21 heavy (non-hydrogen) atoms. The number of pyridine rings is 1. The molecule has 2 aromatic heterocycles. The molecule has 0 bridgehead atoms. The number of carbonyl (C=O) groups is 1. The van der Waals surface area contributed by atoms with Crippen LogP contribution >= 0.6 is 0 Å². The van der Waals surface area contributed by atoms with E-state index in [1.807, 2.05) is 12.1 Å². The van der Waals surface area contributed by atoms with E-state index in [0.717, 1.165) is 0 Å². The van der Waals surface area contributed by atoms with Crippen LogP contribution in [0.1, 0.15) is 34.2 Å². The lowest BCUT2D eigenvalue weighted by molar-refractivity contribution is 0.0526. The van der Waals surface area contributed by atoms with Crippen LogP contribution in [0.3, 0.4) is 0 Å². The number of esters is 1. The van der Waals surface area contributed by atoms with Gasteiger partial charge < -0.3 is 4.74 Å². The Morgan fingerprint density at radius 1 is 1.43 bits per heavy atom. The summed E-state index contributed by atoms with van der Waals surface area (Å²) in [6.07, 6.45) is 2.96. The highest BCUT2D eigenvalue weighted by Crippen LogP contribution is 2.10. The molecule has 0 radical (unpaired) electrons. The third-order valence-electron chi connectivity index (χ3n) is 2.63. The lowest BCUT2D eigenvalue weighted by Gasteiger charge is -2.01. The predicted octanol–water partition coefficient (Wildman–Crippen LogP) is 1.25. The normalized spacial score (nSPS) is 9.67. The van der Waals surface area contributed by atoms with E-state index in [9.17, 15) is 4.79 Å². The maximum absolute atomic E-state index is 11.7. The molecular weight excluding hydrogens is 270 g/mol. The Morgan fingerprint density at radius 3 is 2.90 bits per heavy atom. The molecule has 7 nitrogen and oxygen atoms in total. The van der Waals surface area contributed by atoms with Gasteiger partial charge in [0.05, 0.1) is 30.5 Å². The highest BCUT2D eigenvalue weighted by molar-refractivity contribution is 5.91. The third-order valence-corrected chi connectivity index (χ3v) is 2.63. The maximum Gasteiger partial charge on any atom is 0.342 e. The third kappa shape index (κ3) is 3.23. The van der Waals surface area contributed by atoms with Crippen molar-refractivity contribution < 1.29 is 9.53 Å². The molecular formula is C14H11N5O2. The van der Waals surface area contributed by atoms with Gasteiger partial charge in [0.2, 0.25) is 0 Å². The van der Waals surface area contributed by atoms with Gasteiger partial charge in [0.1, 0.15) is 11.6 Å². The summed E-state index contributed by atoms with van der Waals surface area (Å²) in [5, 5.41) is 21.9. The Labute approximate surface area is 121 Å². The Balaban J connectivity index is 2.27. The monoisotopic (exact) mass is 281 g/mol. The van der Waals surface area contributed by atoms with Crippen molar-refractivity contribution in [2.75, 3.05) is 6.61 Å². The molecule has 2 aromatic rings. The molecule has 0 spiro atoms. The van der Waals surface area contributed by atoms with Crippen molar-refractivity contribution in [3.63, 3.8) is 0 Å². The molecule has 2 heterocycles. The van der Waals surface area contributed by atoms with Crippen LogP contribution in [0.4, 0.5) is 0 Å². The van der Waals surface area contributed by atoms with Crippen LogP contribution in [0.2, 0.25) is 0 Å². The number of rotatable bonds is 4. The van der Waals surface area contributed by atoms with Crippen LogP contribution in [-0.4, -0.2) is 27.3 Å². The first-order valence-corrected chi connectivity index (χ1v) is 6.17. The minimum absolute atomic E-state index is 0.00453. The van der Waals surface area contributed by atoms with E-state index < -0.39 is 5.97 Å². The fourth-order valence-corrected chi connectivity index (χ4v) is 1.74. The minimum Gasteiger partial charge on any atom is -0.462 e. The Hall–Kier alpha value is -3.19. The van der Waals surface area contributed by atoms with E-state index in [1.54, 1.807) is 19.1 Å². The van der Waals surface area contributed by atoms with E-state index in [1.165, 1.54) is 17.1 Å². The van der Waals surface area contributed by atoms with Crippen LogP contribution < -0.4 is 0 Å². The number of nitriles is 2. The second kappa shape index (κ2) is 6.31. The van der Waals surface area contributed by atoms with Crippen LogP contribution in [-0.2, 0) is 11.3 Å². The molecule has 104 valence electrons. The van der Waals surface area contributed by atoms with Gasteiger partial charge in [-0.1, -0.05) is 0 Å². The number of aromatic nitrogens is 3. The van der Waals surface area contributed by atoms with Crippen molar-refractivity contribution in [1.82, 2.24) is 14.8 Å². The van der Waals surface area contributed by atoms with Gasteiger partial charge in [-0.05, 0) is 19.1 Å². The summed E-state index contributed by atoms with van der Waals surface area (Å²) in [4.78, 5) is 15.8. The van der Waals surface area contributed by atoms with Crippen LogP contribution in [0.15, 0.2) is 24.5 Å². The van der Waals surface area contributed by atoms with Crippen molar-refractivity contribution in [2.45, 2.75) is 13.5 Å². The van der Waals surface area contributed by atoms with Crippen LogP contribution in [0.25, 0.3) is 0 Å². The fourth-order valence-electron chi connectivity index (χ4n) is 1.74. The van der Waals surface area contributed by atoms with E-state index >= 15 is 0 Å². The van der Waals surface area contributed by atoms with Gasteiger partial charge in [-0.3, -0.25) is 9.67 Å². The summed E-state index contributed by atoms with van der Waals surface area (Å²) in [7, 11) is 0. The maximum atomic E-state index is 11.7. The molecule has 0 aliphatic rings. The zero-order chi connectivity index (χ0) is 15.2. The molecule has 0 fully saturated rings. The molecule has 0 N–H and O–H groups in total. The standard InChI is InChI=1S/C14H11N5O2/c1-2-21-14(20)12-9-19(18-13(12)7-16)8-11-5-10(6-15)3-4-17-11/h3-5,9H,2,8H2,1H3. The quantitative estimate of drug-likeness (QED) is 0.781. The number of hydrogen-bond acceptors (Lipinski definition) is 6. The summed E-state index contributed by atoms with van der Waals surface area (Å²) in [6.45, 7) is 2.16. The van der Waals surface area contributed by atoms with Gasteiger partial charge in [0.15, 0.2) is 5.69 Å². The van der Waals surface area contributed by atoms with Crippen molar-refractivity contribution >= 4 is 5.97 Å². The molecule has 2 rings (SSSR count). The average Bonchev–Trinajstić information content (AvgIpc) is 2.90. The lowest BCUT2D eigenvalue weighted by atomic mass is 10.2. The van der Waals surface area contributed by atoms with Gasteiger partial charge in [-0.15, -0.1) is 0 Å². The Kier molecular flexibility index (Phi) is 4.27. The number of nitrogens with zero attached hydrogens (tertiary/aromatic N) is 5. The lowest BCUT2D eigenvalue weighted by Crippen LogP contribution is -2.05. The van der Waals surface area contributed by atoms with Gasteiger partial charge in [-0.2, -0.15) is 15.6 Å². The van der Waals surface area contributed by atoms with E-state index in [0.29, 0.717) is 11.3 Å². The highest BCUT2D eigenvalue weighted by Gasteiger charge is 2.17. The zero-order valence-electron chi connectivity index (χ0n) is 11.3. The van der Waals surface area contributed by atoms with Gasteiger partial charge in [0, 0.05) is 12.4 Å². The topological polar surface area (TPSA) is 105 Å². The molecule has 0 saturated carbocycles.